The van der Waals surface area contributed by atoms with Crippen LogP contribution in [0.1, 0.15) is 70.4 Å². The third kappa shape index (κ3) is 5.04. The second-order valence-corrected chi connectivity index (χ2v) is 12.9. The van der Waals surface area contributed by atoms with Crippen LogP contribution in [0.5, 0.6) is 0 Å². The van der Waals surface area contributed by atoms with E-state index in [0.717, 1.165) is 22.0 Å². The van der Waals surface area contributed by atoms with E-state index in [9.17, 15) is 19.8 Å². The molecule has 0 radical (unpaired) electrons. The van der Waals surface area contributed by atoms with Crippen molar-refractivity contribution in [3.05, 3.63) is 71.9 Å². The first-order chi connectivity index (χ1) is 17.5. The average Bonchev–Trinajstić information content (AvgIpc) is 3.14. The van der Waals surface area contributed by atoms with Gasteiger partial charge in [-0.1, -0.05) is 76.2 Å². The second-order valence-electron chi connectivity index (χ2n) is 12.9. The number of hydrogen-bond acceptors (Lipinski definition) is 4. The SMILES string of the molecule is CC1(C)CC(=O)[C@H](C(c2cn(Cc3ccccc3)c3ccccc23)[C@@H]2C(=O)CC(C)(C)C[C@H]2O)[C@H](O)C1. The van der Waals surface area contributed by atoms with E-state index in [1.54, 1.807) is 0 Å². The van der Waals surface area contributed by atoms with Crippen molar-refractivity contribution in [1.82, 2.24) is 4.57 Å². The highest BCUT2D eigenvalue weighted by Gasteiger charge is 2.52. The Kier molecular flexibility index (Phi) is 6.66. The van der Waals surface area contributed by atoms with E-state index in [1.165, 1.54) is 0 Å². The van der Waals surface area contributed by atoms with Crippen molar-refractivity contribution in [2.45, 2.75) is 78.0 Å². The highest BCUT2D eigenvalue weighted by atomic mass is 16.3. The molecular weight excluding hydrogens is 462 g/mol. The largest absolute Gasteiger partial charge is 0.392 e. The van der Waals surface area contributed by atoms with E-state index >= 15 is 0 Å². The van der Waals surface area contributed by atoms with Crippen molar-refractivity contribution in [1.29, 1.82) is 0 Å². The lowest BCUT2D eigenvalue weighted by molar-refractivity contribution is -0.144. The van der Waals surface area contributed by atoms with Crippen LogP contribution in [-0.4, -0.2) is 38.6 Å². The lowest BCUT2D eigenvalue weighted by atomic mass is 9.58. The van der Waals surface area contributed by atoms with Gasteiger partial charge in [0.05, 0.1) is 24.0 Å². The van der Waals surface area contributed by atoms with Gasteiger partial charge in [0, 0.05) is 42.4 Å². The van der Waals surface area contributed by atoms with Crippen LogP contribution in [0.3, 0.4) is 0 Å². The van der Waals surface area contributed by atoms with E-state index in [-0.39, 0.29) is 22.4 Å². The number of hydrogen-bond donors (Lipinski definition) is 2. The summed E-state index contributed by atoms with van der Waals surface area (Å²) in [5.74, 6) is -2.07. The smallest absolute Gasteiger partial charge is 0.139 e. The van der Waals surface area contributed by atoms with E-state index in [4.69, 9.17) is 0 Å². The molecule has 37 heavy (non-hydrogen) atoms. The van der Waals surface area contributed by atoms with Crippen molar-refractivity contribution in [3.8, 4) is 0 Å². The molecule has 1 unspecified atom stereocenters. The Balaban J connectivity index is 1.67. The summed E-state index contributed by atoms with van der Waals surface area (Å²) in [6.07, 6.45) is 2.02. The number of fused-ring (bicyclic) bond motifs is 1. The van der Waals surface area contributed by atoms with Crippen molar-refractivity contribution >= 4 is 22.5 Å². The zero-order chi connectivity index (χ0) is 26.5. The molecule has 0 aliphatic heterocycles. The molecule has 2 aliphatic carbocycles. The van der Waals surface area contributed by atoms with Crippen LogP contribution in [0.15, 0.2) is 60.8 Å². The highest BCUT2D eigenvalue weighted by molar-refractivity contribution is 5.92. The summed E-state index contributed by atoms with van der Waals surface area (Å²) in [5, 5.41) is 23.8. The number of rotatable bonds is 5. The summed E-state index contributed by atoms with van der Waals surface area (Å²) < 4.78 is 2.17. The topological polar surface area (TPSA) is 79.5 Å². The van der Waals surface area contributed by atoms with E-state index < -0.39 is 30.0 Å². The van der Waals surface area contributed by atoms with E-state index in [1.807, 2.05) is 64.1 Å². The van der Waals surface area contributed by atoms with Crippen molar-refractivity contribution in [3.63, 3.8) is 0 Å². The number of carbonyl (C=O) groups is 2. The van der Waals surface area contributed by atoms with Gasteiger partial charge >= 0.3 is 0 Å². The Bertz CT molecular complexity index is 1260. The lowest BCUT2D eigenvalue weighted by Gasteiger charge is -2.46. The first-order valence-electron chi connectivity index (χ1n) is 13.5. The molecular formula is C32H39NO4. The monoisotopic (exact) mass is 501 g/mol. The number of aromatic nitrogens is 1. The van der Waals surface area contributed by atoms with Gasteiger partial charge in [0.25, 0.3) is 0 Å². The number of para-hydroxylation sites is 1. The Hall–Kier alpha value is -2.76. The van der Waals surface area contributed by atoms with Crippen LogP contribution in [0.2, 0.25) is 0 Å². The third-order valence-electron chi connectivity index (χ3n) is 8.55. The Morgan fingerprint density at radius 1 is 0.811 bits per heavy atom. The summed E-state index contributed by atoms with van der Waals surface area (Å²) in [6, 6.07) is 18.3. The van der Waals surface area contributed by atoms with Crippen LogP contribution >= 0.6 is 0 Å². The average molecular weight is 502 g/mol. The fourth-order valence-electron chi connectivity index (χ4n) is 7.08. The van der Waals surface area contributed by atoms with Crippen molar-refractivity contribution < 1.29 is 19.8 Å². The zero-order valence-corrected chi connectivity index (χ0v) is 22.4. The molecule has 1 heterocycles. The Morgan fingerprint density at radius 3 is 1.86 bits per heavy atom. The normalized spacial score (nSPS) is 28.4. The minimum absolute atomic E-state index is 0.0153. The van der Waals surface area contributed by atoms with Gasteiger partial charge in [0.15, 0.2) is 0 Å². The fraction of sp³-hybridized carbons (Fsp3) is 0.500. The van der Waals surface area contributed by atoms with Gasteiger partial charge in [-0.15, -0.1) is 0 Å². The quantitative estimate of drug-likeness (QED) is 0.483. The molecule has 2 aliphatic rings. The maximum absolute atomic E-state index is 13.7. The fourth-order valence-corrected chi connectivity index (χ4v) is 7.08. The summed E-state index contributed by atoms with van der Waals surface area (Å²) in [5.41, 5.74) is 2.45. The van der Waals surface area contributed by atoms with Crippen LogP contribution in [-0.2, 0) is 16.1 Å². The Labute approximate surface area is 219 Å². The molecule has 5 rings (SSSR count). The summed E-state index contributed by atoms with van der Waals surface area (Å²) in [4.78, 5) is 27.4. The number of Topliss-reactive ketones (excluding diaryl/α,β-unsaturated/α-hetero) is 2. The summed E-state index contributed by atoms with van der Waals surface area (Å²) >= 11 is 0. The molecule has 0 saturated heterocycles. The molecule has 5 atom stereocenters. The lowest BCUT2D eigenvalue weighted by Crippen LogP contribution is -2.51. The summed E-state index contributed by atoms with van der Waals surface area (Å²) in [7, 11) is 0. The molecule has 2 fully saturated rings. The van der Waals surface area contributed by atoms with Gasteiger partial charge < -0.3 is 14.8 Å². The van der Waals surface area contributed by atoms with Crippen LogP contribution < -0.4 is 0 Å². The van der Waals surface area contributed by atoms with Gasteiger partial charge in [0.2, 0.25) is 0 Å². The predicted molar refractivity (Wildman–Crippen MR) is 145 cm³/mol. The Morgan fingerprint density at radius 2 is 1.32 bits per heavy atom. The predicted octanol–water partition coefficient (Wildman–Crippen LogP) is 5.51. The number of carbonyl (C=O) groups excluding carboxylic acids is 2. The number of benzene rings is 2. The van der Waals surface area contributed by atoms with Gasteiger partial charge in [-0.3, -0.25) is 9.59 Å². The van der Waals surface area contributed by atoms with Crippen molar-refractivity contribution in [2.24, 2.45) is 22.7 Å². The van der Waals surface area contributed by atoms with Crippen LogP contribution in [0, 0.1) is 22.7 Å². The standard InChI is InChI=1S/C32H39NO4/c1-31(2)14-24(34)29(25(35)15-31)28(30-26(36)16-32(3,4)17-27(30)37)22-19-33(18-20-10-6-5-7-11-20)23-13-9-8-12-21(22)23/h5-13,19,24,26,28-30,34,36H,14-18H2,1-4H3/t24-,26-,28?,29-,30+/m1/s1. The second kappa shape index (κ2) is 9.52. The molecule has 2 saturated carbocycles. The van der Waals surface area contributed by atoms with E-state index in [2.05, 4.69) is 29.0 Å². The zero-order valence-electron chi connectivity index (χ0n) is 22.4. The van der Waals surface area contributed by atoms with Gasteiger partial charge in [-0.05, 0) is 40.9 Å². The number of ketones is 2. The van der Waals surface area contributed by atoms with Crippen LogP contribution in [0.25, 0.3) is 10.9 Å². The number of aliphatic hydroxyl groups is 2. The molecule has 0 spiro atoms. The molecule has 0 bridgehead atoms. The number of aliphatic hydroxyl groups excluding tert-OH is 2. The minimum Gasteiger partial charge on any atom is -0.392 e. The van der Waals surface area contributed by atoms with Gasteiger partial charge in [0.1, 0.15) is 11.6 Å². The molecule has 5 heteroatoms. The van der Waals surface area contributed by atoms with Crippen molar-refractivity contribution in [2.75, 3.05) is 0 Å². The molecule has 0 amide bonds. The molecule has 2 N–H and O–H groups in total. The molecule has 5 nitrogen and oxygen atoms in total. The third-order valence-corrected chi connectivity index (χ3v) is 8.55. The number of nitrogens with zero attached hydrogens (tertiary/aromatic N) is 1. The van der Waals surface area contributed by atoms with Gasteiger partial charge in [-0.25, -0.2) is 0 Å². The summed E-state index contributed by atoms with van der Waals surface area (Å²) in [6.45, 7) is 8.68. The maximum Gasteiger partial charge on any atom is 0.139 e. The first kappa shape index (κ1) is 25.9. The molecule has 196 valence electrons. The molecule has 1 aromatic heterocycles. The molecule has 3 aromatic rings. The van der Waals surface area contributed by atoms with E-state index in [0.29, 0.717) is 32.2 Å². The maximum atomic E-state index is 13.7. The molecule has 2 aromatic carbocycles. The highest BCUT2D eigenvalue weighted by Crippen LogP contribution is 2.50. The first-order valence-corrected chi connectivity index (χ1v) is 13.5. The minimum atomic E-state index is -0.868. The van der Waals surface area contributed by atoms with Gasteiger partial charge in [-0.2, -0.15) is 0 Å². The van der Waals surface area contributed by atoms with Crippen LogP contribution in [0.4, 0.5) is 0 Å².